The van der Waals surface area contributed by atoms with Crippen molar-refractivity contribution >= 4 is 17.0 Å². The lowest BCUT2D eigenvalue weighted by molar-refractivity contribution is 1.09. The Morgan fingerprint density at radius 1 is 1.05 bits per heavy atom. The van der Waals surface area contributed by atoms with Gasteiger partial charge in [0.05, 0.1) is 5.69 Å². The summed E-state index contributed by atoms with van der Waals surface area (Å²) in [5.74, 6) is 3.44. The highest BCUT2D eigenvalue weighted by atomic mass is 15.2. The third kappa shape index (κ3) is 2.19. The second-order valence-corrected chi connectivity index (χ2v) is 4.54. The number of terminal acetylenes is 1. The van der Waals surface area contributed by atoms with Crippen LogP contribution in [-0.4, -0.2) is 4.40 Å². The monoisotopic (exact) mass is 259 g/mol. The summed E-state index contributed by atoms with van der Waals surface area (Å²) >= 11 is 0. The zero-order valence-corrected chi connectivity index (χ0v) is 11.1. The molecular weight excluding hydrogens is 246 g/mol. The quantitative estimate of drug-likeness (QED) is 0.474. The molecule has 0 unspecified atom stereocenters. The van der Waals surface area contributed by atoms with Crippen LogP contribution in [0.4, 0.5) is 11.5 Å². The predicted octanol–water partition coefficient (Wildman–Crippen LogP) is 4.64. The Bertz CT molecular complexity index is 821. The van der Waals surface area contributed by atoms with Crippen molar-refractivity contribution in [3.05, 3.63) is 65.9 Å². The summed E-state index contributed by atoms with van der Waals surface area (Å²) < 4.78 is 1.97. The van der Waals surface area contributed by atoms with Gasteiger partial charge in [0.25, 0.3) is 0 Å². The topological polar surface area (TPSA) is 29.1 Å². The molecule has 3 aromatic rings. The van der Waals surface area contributed by atoms with Crippen LogP contribution in [0.25, 0.3) is 5.52 Å². The second kappa shape index (κ2) is 5.02. The van der Waals surface area contributed by atoms with E-state index in [4.69, 9.17) is 6.42 Å². The number of azo groups is 1. The molecule has 0 amide bonds. The summed E-state index contributed by atoms with van der Waals surface area (Å²) in [6.07, 6.45) is 7.35. The van der Waals surface area contributed by atoms with Crippen LogP contribution in [0, 0.1) is 19.3 Å². The smallest absolute Gasteiger partial charge is 0.162 e. The van der Waals surface area contributed by atoms with E-state index in [0.717, 1.165) is 28.1 Å². The number of benzene rings is 1. The minimum absolute atomic E-state index is 0.806. The molecule has 0 aliphatic carbocycles. The Hall–Kier alpha value is -2.86. The highest BCUT2D eigenvalue weighted by Crippen LogP contribution is 2.26. The van der Waals surface area contributed by atoms with Crippen LogP contribution in [0.3, 0.4) is 0 Å². The van der Waals surface area contributed by atoms with Crippen LogP contribution < -0.4 is 0 Å². The fourth-order valence-electron chi connectivity index (χ4n) is 2.10. The van der Waals surface area contributed by atoms with E-state index in [1.165, 1.54) is 0 Å². The van der Waals surface area contributed by atoms with E-state index in [9.17, 15) is 0 Å². The standard InChI is InChI=1S/C17H13N3/c1-3-14-9-10-16-11-13(2)17(20(16)12-14)19-18-15-7-5-4-6-8-15/h1,4-12H,2H3. The van der Waals surface area contributed by atoms with Crippen LogP contribution in [0.5, 0.6) is 0 Å². The zero-order valence-electron chi connectivity index (χ0n) is 11.1. The fraction of sp³-hybridized carbons (Fsp3) is 0.0588. The van der Waals surface area contributed by atoms with Gasteiger partial charge in [-0.3, -0.25) is 4.40 Å². The van der Waals surface area contributed by atoms with E-state index < -0.39 is 0 Å². The van der Waals surface area contributed by atoms with Crippen molar-refractivity contribution in [3.8, 4) is 12.3 Å². The van der Waals surface area contributed by atoms with E-state index in [1.807, 2.05) is 60.0 Å². The van der Waals surface area contributed by atoms with Gasteiger partial charge in [0.2, 0.25) is 0 Å². The lowest BCUT2D eigenvalue weighted by Crippen LogP contribution is -1.85. The van der Waals surface area contributed by atoms with Crippen LogP contribution >= 0.6 is 0 Å². The molecule has 3 rings (SSSR count). The first-order valence-electron chi connectivity index (χ1n) is 6.33. The molecule has 20 heavy (non-hydrogen) atoms. The van der Waals surface area contributed by atoms with Gasteiger partial charge in [-0.15, -0.1) is 16.7 Å². The molecule has 0 N–H and O–H groups in total. The molecule has 0 aliphatic heterocycles. The average Bonchev–Trinajstić information content (AvgIpc) is 2.80. The van der Waals surface area contributed by atoms with Gasteiger partial charge in [0, 0.05) is 17.3 Å². The van der Waals surface area contributed by atoms with E-state index in [0.29, 0.717) is 0 Å². The van der Waals surface area contributed by atoms with Gasteiger partial charge in [-0.1, -0.05) is 24.1 Å². The van der Waals surface area contributed by atoms with Gasteiger partial charge in [0.15, 0.2) is 5.82 Å². The number of rotatable bonds is 2. The summed E-state index contributed by atoms with van der Waals surface area (Å²) in [7, 11) is 0. The number of nitrogens with zero attached hydrogens (tertiary/aromatic N) is 3. The van der Waals surface area contributed by atoms with Gasteiger partial charge in [-0.2, -0.15) is 0 Å². The van der Waals surface area contributed by atoms with Gasteiger partial charge in [0.1, 0.15) is 0 Å². The lowest BCUT2D eigenvalue weighted by atomic mass is 10.3. The fourth-order valence-corrected chi connectivity index (χ4v) is 2.10. The van der Waals surface area contributed by atoms with Crippen LogP contribution in [0.2, 0.25) is 0 Å². The van der Waals surface area contributed by atoms with Gasteiger partial charge in [-0.25, -0.2) is 0 Å². The number of aryl methyl sites for hydroxylation is 1. The molecule has 1 aromatic carbocycles. The molecule has 0 radical (unpaired) electrons. The largest absolute Gasteiger partial charge is 0.299 e. The van der Waals surface area contributed by atoms with E-state index in [1.54, 1.807) is 0 Å². The van der Waals surface area contributed by atoms with E-state index in [-0.39, 0.29) is 0 Å². The highest BCUT2D eigenvalue weighted by molar-refractivity contribution is 5.61. The molecule has 0 atom stereocenters. The first-order valence-corrected chi connectivity index (χ1v) is 6.33. The number of aromatic nitrogens is 1. The molecule has 0 spiro atoms. The third-order valence-corrected chi connectivity index (χ3v) is 3.11. The van der Waals surface area contributed by atoms with Crippen molar-refractivity contribution in [1.29, 1.82) is 0 Å². The molecule has 0 saturated carbocycles. The van der Waals surface area contributed by atoms with Crippen molar-refractivity contribution in [2.75, 3.05) is 0 Å². The van der Waals surface area contributed by atoms with E-state index >= 15 is 0 Å². The Morgan fingerprint density at radius 3 is 2.60 bits per heavy atom. The normalized spacial score (nSPS) is 11.0. The molecule has 3 nitrogen and oxygen atoms in total. The summed E-state index contributed by atoms with van der Waals surface area (Å²) in [4.78, 5) is 0. The van der Waals surface area contributed by atoms with Gasteiger partial charge in [-0.05, 0) is 42.8 Å². The summed E-state index contributed by atoms with van der Waals surface area (Å²) in [6.45, 7) is 2.02. The van der Waals surface area contributed by atoms with Crippen molar-refractivity contribution < 1.29 is 0 Å². The Labute approximate surface area is 117 Å². The molecule has 0 fully saturated rings. The van der Waals surface area contributed by atoms with E-state index in [2.05, 4.69) is 22.2 Å². The molecular formula is C17H13N3. The lowest BCUT2D eigenvalue weighted by Gasteiger charge is -1.99. The Balaban J connectivity index is 2.09. The van der Waals surface area contributed by atoms with Crippen molar-refractivity contribution in [2.45, 2.75) is 6.92 Å². The van der Waals surface area contributed by atoms with Crippen molar-refractivity contribution in [2.24, 2.45) is 10.2 Å². The minimum Gasteiger partial charge on any atom is -0.299 e. The third-order valence-electron chi connectivity index (χ3n) is 3.11. The average molecular weight is 259 g/mol. The maximum absolute atomic E-state index is 5.45. The Kier molecular flexibility index (Phi) is 3.06. The summed E-state index contributed by atoms with van der Waals surface area (Å²) in [5, 5.41) is 8.63. The van der Waals surface area contributed by atoms with Crippen molar-refractivity contribution in [3.63, 3.8) is 0 Å². The molecule has 96 valence electrons. The summed E-state index contributed by atoms with van der Waals surface area (Å²) in [5.41, 5.74) is 3.78. The van der Waals surface area contributed by atoms with Gasteiger partial charge < -0.3 is 0 Å². The first kappa shape index (κ1) is 12.2. The van der Waals surface area contributed by atoms with Crippen LogP contribution in [0.1, 0.15) is 11.1 Å². The van der Waals surface area contributed by atoms with Gasteiger partial charge >= 0.3 is 0 Å². The predicted molar refractivity (Wildman–Crippen MR) is 80.7 cm³/mol. The van der Waals surface area contributed by atoms with Crippen molar-refractivity contribution in [1.82, 2.24) is 4.40 Å². The van der Waals surface area contributed by atoms with Crippen LogP contribution in [0.15, 0.2) is 65.0 Å². The minimum atomic E-state index is 0.806. The highest BCUT2D eigenvalue weighted by Gasteiger charge is 2.06. The summed E-state index contributed by atoms with van der Waals surface area (Å²) in [6, 6.07) is 15.6. The number of fused-ring (bicyclic) bond motifs is 1. The number of hydrogen-bond acceptors (Lipinski definition) is 2. The maximum atomic E-state index is 5.45. The SMILES string of the molecule is C#Cc1ccc2cc(C)c(N=Nc3ccccc3)n2c1. The molecule has 2 heterocycles. The zero-order chi connectivity index (χ0) is 13.9. The first-order chi connectivity index (χ1) is 9.78. The Morgan fingerprint density at radius 2 is 1.85 bits per heavy atom. The van der Waals surface area contributed by atoms with Crippen LogP contribution in [-0.2, 0) is 0 Å². The molecule has 0 aliphatic rings. The molecule has 2 aromatic heterocycles. The maximum Gasteiger partial charge on any atom is 0.162 e. The second-order valence-electron chi connectivity index (χ2n) is 4.54. The number of pyridine rings is 1. The molecule has 0 saturated heterocycles. The number of hydrogen-bond donors (Lipinski definition) is 0. The molecule has 0 bridgehead atoms. The molecule has 3 heteroatoms.